The molecule has 2 heterocycles. The highest BCUT2D eigenvalue weighted by Crippen LogP contribution is 2.29. The smallest absolute Gasteiger partial charge is 0.262 e. The van der Waals surface area contributed by atoms with Crippen LogP contribution >= 0.6 is 11.6 Å². The predicted molar refractivity (Wildman–Crippen MR) is 120 cm³/mol. The molecule has 7 heteroatoms. The molecular weight excluding hydrogens is 414 g/mol. The number of rotatable bonds is 4. The Morgan fingerprint density at radius 2 is 1.74 bits per heavy atom. The Hall–Kier alpha value is -3.90. The van der Waals surface area contributed by atoms with Gasteiger partial charge < -0.3 is 9.26 Å². The van der Waals surface area contributed by atoms with Crippen molar-refractivity contribution in [3.63, 3.8) is 0 Å². The first-order valence-electron chi connectivity index (χ1n) is 9.53. The minimum atomic E-state index is -0.144. The molecule has 0 amide bonds. The molecule has 2 aromatic heterocycles. The van der Waals surface area contributed by atoms with Crippen LogP contribution < -0.4 is 10.3 Å². The largest absolute Gasteiger partial charge is 0.497 e. The number of nitrogens with zero attached hydrogens (tertiary/aromatic N) is 3. The van der Waals surface area contributed by atoms with Crippen molar-refractivity contribution in [2.24, 2.45) is 0 Å². The van der Waals surface area contributed by atoms with Crippen LogP contribution in [0, 0.1) is 0 Å². The highest BCUT2D eigenvalue weighted by Gasteiger charge is 2.17. The van der Waals surface area contributed by atoms with E-state index in [1.807, 2.05) is 42.5 Å². The lowest BCUT2D eigenvalue weighted by atomic mass is 10.1. The van der Waals surface area contributed by atoms with E-state index in [0.29, 0.717) is 39.1 Å². The zero-order valence-electron chi connectivity index (χ0n) is 16.4. The first kappa shape index (κ1) is 19.1. The lowest BCUT2D eigenvalue weighted by Crippen LogP contribution is -2.18. The maximum Gasteiger partial charge on any atom is 0.262 e. The second kappa shape index (κ2) is 7.74. The monoisotopic (exact) mass is 429 g/mol. The van der Waals surface area contributed by atoms with E-state index >= 15 is 0 Å². The van der Waals surface area contributed by atoms with Gasteiger partial charge in [0.05, 0.1) is 12.7 Å². The van der Waals surface area contributed by atoms with Gasteiger partial charge in [-0.2, -0.15) is 4.98 Å². The number of benzene rings is 3. The average Bonchev–Trinajstić information content (AvgIpc) is 3.30. The van der Waals surface area contributed by atoms with Gasteiger partial charge in [0.2, 0.25) is 5.82 Å². The number of halogens is 1. The Morgan fingerprint density at radius 3 is 2.52 bits per heavy atom. The summed E-state index contributed by atoms with van der Waals surface area (Å²) < 4.78 is 12.4. The molecule has 0 saturated carbocycles. The van der Waals surface area contributed by atoms with Gasteiger partial charge in [0.15, 0.2) is 0 Å². The van der Waals surface area contributed by atoms with Crippen molar-refractivity contribution in [2.75, 3.05) is 7.11 Å². The Morgan fingerprint density at radius 1 is 0.968 bits per heavy atom. The van der Waals surface area contributed by atoms with Crippen LogP contribution in [-0.4, -0.2) is 21.8 Å². The molecule has 0 aliphatic heterocycles. The maximum absolute atomic E-state index is 13.1. The summed E-state index contributed by atoms with van der Waals surface area (Å²) in [5, 5.41) is 6.02. The summed E-state index contributed by atoms with van der Waals surface area (Å²) in [5.74, 6) is 1.45. The molecular formula is C24H16ClN3O3. The number of pyridine rings is 1. The normalized spacial score (nSPS) is 11.0. The quantitative estimate of drug-likeness (QED) is 0.384. The molecule has 0 bridgehead atoms. The van der Waals surface area contributed by atoms with Gasteiger partial charge in [-0.15, -0.1) is 0 Å². The highest BCUT2D eigenvalue weighted by atomic mass is 35.5. The van der Waals surface area contributed by atoms with Crippen LogP contribution in [0.2, 0.25) is 5.02 Å². The van der Waals surface area contributed by atoms with Gasteiger partial charge in [0.25, 0.3) is 11.4 Å². The lowest BCUT2D eigenvalue weighted by molar-refractivity contribution is 0.414. The Kier molecular flexibility index (Phi) is 4.76. The van der Waals surface area contributed by atoms with E-state index in [0.717, 1.165) is 10.9 Å². The van der Waals surface area contributed by atoms with Crippen LogP contribution in [0.15, 0.2) is 88.3 Å². The van der Waals surface area contributed by atoms with Crippen molar-refractivity contribution in [2.45, 2.75) is 0 Å². The van der Waals surface area contributed by atoms with Crippen LogP contribution in [0.25, 0.3) is 39.3 Å². The molecule has 0 spiro atoms. The Labute approximate surface area is 182 Å². The summed E-state index contributed by atoms with van der Waals surface area (Å²) in [4.78, 5) is 17.7. The first-order valence-corrected chi connectivity index (χ1v) is 9.91. The van der Waals surface area contributed by atoms with E-state index in [2.05, 4.69) is 10.1 Å². The van der Waals surface area contributed by atoms with Gasteiger partial charge in [0, 0.05) is 33.2 Å². The molecule has 0 aliphatic carbocycles. The molecule has 0 saturated heterocycles. The summed E-state index contributed by atoms with van der Waals surface area (Å²) in [6.45, 7) is 0. The van der Waals surface area contributed by atoms with Crippen LogP contribution in [0.3, 0.4) is 0 Å². The van der Waals surface area contributed by atoms with Crippen molar-refractivity contribution in [1.29, 1.82) is 0 Å². The van der Waals surface area contributed by atoms with Crippen molar-refractivity contribution in [3.05, 3.63) is 94.4 Å². The van der Waals surface area contributed by atoms with Crippen LogP contribution in [0.4, 0.5) is 0 Å². The fraction of sp³-hybridized carbons (Fsp3) is 0.0417. The third-order valence-corrected chi connectivity index (χ3v) is 5.27. The van der Waals surface area contributed by atoms with Gasteiger partial charge in [-0.05, 0) is 42.5 Å². The minimum Gasteiger partial charge on any atom is -0.497 e. The molecule has 31 heavy (non-hydrogen) atoms. The second-order valence-electron chi connectivity index (χ2n) is 6.90. The first-order chi connectivity index (χ1) is 15.1. The molecule has 0 radical (unpaired) electrons. The van der Waals surface area contributed by atoms with Crippen LogP contribution in [0.5, 0.6) is 5.75 Å². The Bertz CT molecular complexity index is 1460. The molecule has 0 fully saturated rings. The van der Waals surface area contributed by atoms with Gasteiger partial charge in [-0.1, -0.05) is 47.1 Å². The Balaban J connectivity index is 1.70. The topological polar surface area (TPSA) is 70.2 Å². The molecule has 0 aliphatic rings. The maximum atomic E-state index is 13.1. The molecule has 0 unspecified atom stereocenters. The molecule has 6 nitrogen and oxygen atoms in total. The van der Waals surface area contributed by atoms with Gasteiger partial charge in [0.1, 0.15) is 5.75 Å². The fourth-order valence-electron chi connectivity index (χ4n) is 3.47. The number of fused-ring (bicyclic) bond motifs is 1. The van der Waals surface area contributed by atoms with E-state index in [1.165, 1.54) is 0 Å². The zero-order chi connectivity index (χ0) is 21.4. The molecule has 5 rings (SSSR count). The van der Waals surface area contributed by atoms with Crippen LogP contribution in [0.1, 0.15) is 0 Å². The van der Waals surface area contributed by atoms with Crippen LogP contribution in [-0.2, 0) is 0 Å². The third-order valence-electron chi connectivity index (χ3n) is 5.01. The second-order valence-corrected chi connectivity index (χ2v) is 7.33. The summed E-state index contributed by atoms with van der Waals surface area (Å²) in [7, 11) is 1.60. The van der Waals surface area contributed by atoms with E-state index in [4.69, 9.17) is 20.9 Å². The van der Waals surface area contributed by atoms with Gasteiger partial charge >= 0.3 is 0 Å². The zero-order valence-corrected chi connectivity index (χ0v) is 17.2. The van der Waals surface area contributed by atoms with Crippen molar-refractivity contribution < 1.29 is 9.26 Å². The molecule has 0 N–H and O–H groups in total. The molecule has 5 aromatic rings. The molecule has 3 aromatic carbocycles. The number of methoxy groups -OCH3 is 1. The third kappa shape index (κ3) is 3.47. The fourth-order valence-corrected chi connectivity index (χ4v) is 3.59. The average molecular weight is 430 g/mol. The highest BCUT2D eigenvalue weighted by molar-refractivity contribution is 6.30. The van der Waals surface area contributed by atoms with Crippen molar-refractivity contribution in [1.82, 2.24) is 14.7 Å². The number of aromatic nitrogens is 3. The van der Waals surface area contributed by atoms with Crippen molar-refractivity contribution in [3.8, 4) is 34.3 Å². The lowest BCUT2D eigenvalue weighted by Gasteiger charge is -2.10. The molecule has 152 valence electrons. The minimum absolute atomic E-state index is 0.144. The summed E-state index contributed by atoms with van der Waals surface area (Å²) in [6, 6.07) is 21.8. The number of ether oxygens (including phenoxy) is 1. The molecule has 0 atom stereocenters. The van der Waals surface area contributed by atoms with E-state index in [-0.39, 0.29) is 5.56 Å². The number of hydrogen-bond donors (Lipinski definition) is 0. The van der Waals surface area contributed by atoms with E-state index in [1.54, 1.807) is 48.2 Å². The van der Waals surface area contributed by atoms with Gasteiger partial charge in [-0.3, -0.25) is 9.36 Å². The summed E-state index contributed by atoms with van der Waals surface area (Å²) in [6.07, 6.45) is 1.72. The number of hydrogen-bond acceptors (Lipinski definition) is 5. The summed E-state index contributed by atoms with van der Waals surface area (Å²) >= 11 is 6.01. The van der Waals surface area contributed by atoms with Crippen molar-refractivity contribution >= 4 is 22.4 Å². The predicted octanol–water partition coefficient (Wildman–Crippen LogP) is 5.37. The standard InChI is InChI=1S/C24H16ClN3O3/c1-30-18-6-4-5-15(13-18)22-26-23(31-27-22)21-14-28(17-11-9-16(25)10-12-17)24(29)20-8-3-2-7-19(20)21/h2-14H,1H3. The van der Waals surface area contributed by atoms with E-state index in [9.17, 15) is 4.79 Å². The summed E-state index contributed by atoms with van der Waals surface area (Å²) in [5.41, 5.74) is 1.97. The SMILES string of the molecule is COc1cccc(-c2noc(-c3cn(-c4ccc(Cl)cc4)c(=O)c4ccccc34)n2)c1. The van der Waals surface area contributed by atoms with Gasteiger partial charge in [-0.25, -0.2) is 0 Å². The van der Waals surface area contributed by atoms with E-state index < -0.39 is 0 Å².